The van der Waals surface area contributed by atoms with Crippen molar-refractivity contribution in [2.75, 3.05) is 13.1 Å². The molecule has 120 valence electrons. The number of aromatic nitrogens is 3. The summed E-state index contributed by atoms with van der Waals surface area (Å²) in [6.45, 7) is 7.13. The molecule has 4 rings (SSSR count). The standard InChI is InChI=1S/C18H23N5/c1-13(2)17-21-20-16-12-19-18(22-10-6-3-7-11-22)14-8-4-5-9-15(14)23(16)17/h4-5,8-9,13H,3,6-7,10-12H2,1-2H3. The second-order valence-electron chi connectivity index (χ2n) is 6.67. The van der Waals surface area contributed by atoms with E-state index in [0.29, 0.717) is 12.5 Å². The lowest BCUT2D eigenvalue weighted by Gasteiger charge is -2.30. The summed E-state index contributed by atoms with van der Waals surface area (Å²) in [5.41, 5.74) is 2.37. The van der Waals surface area contributed by atoms with Crippen molar-refractivity contribution in [2.24, 2.45) is 4.99 Å². The number of aliphatic imine (C=N–C) groups is 1. The summed E-state index contributed by atoms with van der Waals surface area (Å²) in [7, 11) is 0. The Kier molecular flexibility index (Phi) is 3.63. The van der Waals surface area contributed by atoms with Crippen LogP contribution in [0.5, 0.6) is 0 Å². The third-order valence-electron chi connectivity index (χ3n) is 4.68. The van der Waals surface area contributed by atoms with Gasteiger partial charge in [-0.1, -0.05) is 26.0 Å². The van der Waals surface area contributed by atoms with Crippen LogP contribution in [0.4, 0.5) is 0 Å². The summed E-state index contributed by atoms with van der Waals surface area (Å²) in [6, 6.07) is 8.54. The van der Waals surface area contributed by atoms with E-state index in [4.69, 9.17) is 4.99 Å². The topological polar surface area (TPSA) is 46.3 Å². The number of hydrogen-bond acceptors (Lipinski definition) is 4. The highest BCUT2D eigenvalue weighted by atomic mass is 15.3. The fourth-order valence-electron chi connectivity index (χ4n) is 3.53. The Balaban J connectivity index is 1.86. The molecule has 5 nitrogen and oxygen atoms in total. The molecular formula is C18H23N5. The minimum Gasteiger partial charge on any atom is -0.356 e. The molecule has 0 amide bonds. The number of fused-ring (bicyclic) bond motifs is 3. The van der Waals surface area contributed by atoms with Gasteiger partial charge >= 0.3 is 0 Å². The average Bonchev–Trinajstić information content (AvgIpc) is 2.94. The van der Waals surface area contributed by atoms with E-state index in [9.17, 15) is 0 Å². The van der Waals surface area contributed by atoms with Crippen LogP contribution in [0.1, 0.15) is 56.2 Å². The Morgan fingerprint density at radius 1 is 1.00 bits per heavy atom. The first-order valence-electron chi connectivity index (χ1n) is 8.59. The largest absolute Gasteiger partial charge is 0.356 e. The van der Waals surface area contributed by atoms with Crippen LogP contribution >= 0.6 is 0 Å². The van der Waals surface area contributed by atoms with Crippen LogP contribution in [-0.4, -0.2) is 38.6 Å². The van der Waals surface area contributed by atoms with E-state index in [2.05, 4.69) is 57.8 Å². The highest BCUT2D eigenvalue weighted by molar-refractivity contribution is 6.02. The van der Waals surface area contributed by atoms with Gasteiger partial charge in [-0.3, -0.25) is 9.56 Å². The summed E-state index contributed by atoms with van der Waals surface area (Å²) < 4.78 is 2.21. The molecule has 2 aromatic rings. The summed E-state index contributed by atoms with van der Waals surface area (Å²) in [6.07, 6.45) is 3.84. The van der Waals surface area contributed by atoms with E-state index >= 15 is 0 Å². The predicted octanol–water partition coefficient (Wildman–Crippen LogP) is 3.14. The zero-order valence-corrected chi connectivity index (χ0v) is 13.9. The number of rotatable bonds is 1. The van der Waals surface area contributed by atoms with E-state index in [0.717, 1.165) is 36.3 Å². The molecule has 0 saturated carbocycles. The van der Waals surface area contributed by atoms with Crippen LogP contribution in [0.25, 0.3) is 5.69 Å². The Morgan fingerprint density at radius 2 is 1.78 bits per heavy atom. The van der Waals surface area contributed by atoms with Crippen molar-refractivity contribution in [3.63, 3.8) is 0 Å². The number of hydrogen-bond donors (Lipinski definition) is 0. The van der Waals surface area contributed by atoms with Crippen LogP contribution in [0.3, 0.4) is 0 Å². The van der Waals surface area contributed by atoms with Gasteiger partial charge in [-0.05, 0) is 31.4 Å². The molecule has 2 aliphatic heterocycles. The van der Waals surface area contributed by atoms with E-state index in [1.165, 1.54) is 24.8 Å². The molecule has 0 unspecified atom stereocenters. The molecule has 0 spiro atoms. The van der Waals surface area contributed by atoms with Crippen LogP contribution in [-0.2, 0) is 6.54 Å². The molecule has 1 aromatic carbocycles. The number of likely N-dealkylation sites (tertiary alicyclic amines) is 1. The Morgan fingerprint density at radius 3 is 2.57 bits per heavy atom. The fraction of sp³-hybridized carbons (Fsp3) is 0.500. The van der Waals surface area contributed by atoms with Crippen molar-refractivity contribution in [1.29, 1.82) is 0 Å². The summed E-state index contributed by atoms with van der Waals surface area (Å²) in [5, 5.41) is 8.81. The first-order chi connectivity index (χ1) is 11.3. The van der Waals surface area contributed by atoms with Crippen molar-refractivity contribution in [3.8, 4) is 5.69 Å². The van der Waals surface area contributed by atoms with Gasteiger partial charge in [0.1, 0.15) is 18.2 Å². The minimum absolute atomic E-state index is 0.334. The van der Waals surface area contributed by atoms with Gasteiger partial charge < -0.3 is 4.90 Å². The second kappa shape index (κ2) is 5.80. The van der Waals surface area contributed by atoms with Crippen molar-refractivity contribution < 1.29 is 0 Å². The van der Waals surface area contributed by atoms with Crippen LogP contribution < -0.4 is 0 Å². The van der Waals surface area contributed by atoms with Crippen LogP contribution in [0, 0.1) is 0 Å². The van der Waals surface area contributed by atoms with E-state index in [1.54, 1.807) is 0 Å². The molecule has 3 heterocycles. The number of amidine groups is 1. The molecular weight excluding hydrogens is 286 g/mol. The maximum absolute atomic E-state index is 4.92. The summed E-state index contributed by atoms with van der Waals surface area (Å²) >= 11 is 0. The molecule has 0 N–H and O–H groups in total. The molecule has 2 aliphatic rings. The molecule has 0 bridgehead atoms. The van der Waals surface area contributed by atoms with E-state index in [1.807, 2.05) is 0 Å². The molecule has 0 aliphatic carbocycles. The zero-order chi connectivity index (χ0) is 15.8. The fourth-order valence-corrected chi connectivity index (χ4v) is 3.53. The SMILES string of the molecule is CC(C)c1nnc2n1-c1ccccc1C(N1CCCCC1)=NC2. The number of piperidine rings is 1. The van der Waals surface area contributed by atoms with Crippen LogP contribution in [0.15, 0.2) is 29.3 Å². The lowest BCUT2D eigenvalue weighted by molar-refractivity contribution is 0.342. The maximum Gasteiger partial charge on any atom is 0.159 e. The molecule has 5 heteroatoms. The van der Waals surface area contributed by atoms with Crippen molar-refractivity contribution >= 4 is 5.84 Å². The van der Waals surface area contributed by atoms with Gasteiger partial charge in [0, 0.05) is 24.6 Å². The van der Waals surface area contributed by atoms with Crippen molar-refractivity contribution in [1.82, 2.24) is 19.7 Å². The molecule has 1 fully saturated rings. The average molecular weight is 309 g/mol. The van der Waals surface area contributed by atoms with Gasteiger partial charge in [0.05, 0.1) is 5.69 Å². The monoisotopic (exact) mass is 309 g/mol. The lowest BCUT2D eigenvalue weighted by atomic mass is 10.1. The third kappa shape index (κ3) is 2.44. The zero-order valence-electron chi connectivity index (χ0n) is 13.9. The molecule has 1 aromatic heterocycles. The van der Waals surface area contributed by atoms with Gasteiger partial charge in [0.15, 0.2) is 5.82 Å². The Hall–Kier alpha value is -2.17. The number of para-hydroxylation sites is 1. The first kappa shape index (κ1) is 14.4. The summed E-state index contributed by atoms with van der Waals surface area (Å²) in [4.78, 5) is 7.36. The Bertz CT molecular complexity index is 738. The highest BCUT2D eigenvalue weighted by Crippen LogP contribution is 2.27. The van der Waals surface area contributed by atoms with Gasteiger partial charge in [-0.2, -0.15) is 0 Å². The quantitative estimate of drug-likeness (QED) is 0.813. The van der Waals surface area contributed by atoms with Gasteiger partial charge in [-0.25, -0.2) is 0 Å². The Labute approximate surface area is 137 Å². The van der Waals surface area contributed by atoms with Crippen molar-refractivity contribution in [2.45, 2.75) is 45.6 Å². The van der Waals surface area contributed by atoms with Gasteiger partial charge in [-0.15, -0.1) is 10.2 Å². The highest BCUT2D eigenvalue weighted by Gasteiger charge is 2.26. The molecule has 23 heavy (non-hydrogen) atoms. The lowest BCUT2D eigenvalue weighted by Crippen LogP contribution is -2.36. The second-order valence-corrected chi connectivity index (χ2v) is 6.67. The molecule has 0 radical (unpaired) electrons. The first-order valence-corrected chi connectivity index (χ1v) is 8.59. The third-order valence-corrected chi connectivity index (χ3v) is 4.68. The van der Waals surface area contributed by atoms with E-state index < -0.39 is 0 Å². The normalized spacial score (nSPS) is 17.5. The molecule has 0 atom stereocenters. The number of nitrogens with zero attached hydrogens (tertiary/aromatic N) is 5. The predicted molar refractivity (Wildman–Crippen MR) is 91.1 cm³/mol. The van der Waals surface area contributed by atoms with Crippen molar-refractivity contribution in [3.05, 3.63) is 41.5 Å². The summed E-state index contributed by atoms with van der Waals surface area (Å²) in [5.74, 6) is 3.41. The minimum atomic E-state index is 0.334. The van der Waals surface area contributed by atoms with Gasteiger partial charge in [0.2, 0.25) is 0 Å². The smallest absolute Gasteiger partial charge is 0.159 e. The molecule has 1 saturated heterocycles. The number of benzene rings is 1. The van der Waals surface area contributed by atoms with Crippen LogP contribution in [0.2, 0.25) is 0 Å². The van der Waals surface area contributed by atoms with Gasteiger partial charge in [0.25, 0.3) is 0 Å². The maximum atomic E-state index is 4.92. The van der Waals surface area contributed by atoms with E-state index in [-0.39, 0.29) is 0 Å².